The van der Waals surface area contributed by atoms with Gasteiger partial charge in [0, 0.05) is 22.8 Å². The van der Waals surface area contributed by atoms with Crippen LogP contribution in [0.15, 0.2) is 36.7 Å². The predicted molar refractivity (Wildman–Crippen MR) is 79.2 cm³/mol. The third-order valence-corrected chi connectivity index (χ3v) is 3.88. The summed E-state index contributed by atoms with van der Waals surface area (Å²) in [7, 11) is 0. The highest BCUT2D eigenvalue weighted by molar-refractivity contribution is 7.17. The van der Waals surface area contributed by atoms with Crippen LogP contribution in [-0.4, -0.2) is 22.0 Å². The van der Waals surface area contributed by atoms with Crippen LogP contribution >= 0.6 is 11.3 Å². The Morgan fingerprint density at radius 1 is 1.30 bits per heavy atom. The minimum Gasteiger partial charge on any atom is -0.462 e. The molecule has 0 aliphatic carbocycles. The van der Waals surface area contributed by atoms with Crippen LogP contribution < -0.4 is 0 Å². The molecule has 0 saturated carbocycles. The van der Waals surface area contributed by atoms with Gasteiger partial charge in [0.2, 0.25) is 0 Å². The number of fused-ring (bicyclic) bond motifs is 1. The summed E-state index contributed by atoms with van der Waals surface area (Å²) in [6.07, 6.45) is 4.06. The zero-order chi connectivity index (χ0) is 14.1. The van der Waals surface area contributed by atoms with Gasteiger partial charge in [-0.05, 0) is 26.0 Å². The van der Waals surface area contributed by atoms with Crippen molar-refractivity contribution < 1.29 is 9.53 Å². The molecule has 102 valence electrons. The van der Waals surface area contributed by atoms with Crippen molar-refractivity contribution in [2.45, 2.75) is 13.8 Å². The lowest BCUT2D eigenvalue weighted by atomic mass is 10.1. The van der Waals surface area contributed by atoms with Gasteiger partial charge in [-0.1, -0.05) is 12.1 Å². The van der Waals surface area contributed by atoms with Crippen molar-refractivity contribution in [3.05, 3.63) is 47.1 Å². The Hall–Kier alpha value is -2.14. The van der Waals surface area contributed by atoms with Gasteiger partial charge in [-0.25, -0.2) is 9.78 Å². The molecular weight excluding hydrogens is 272 g/mol. The third-order valence-electron chi connectivity index (χ3n) is 2.96. The number of hydrogen-bond donors (Lipinski definition) is 0. The van der Waals surface area contributed by atoms with Gasteiger partial charge in [-0.15, -0.1) is 11.3 Å². The van der Waals surface area contributed by atoms with Gasteiger partial charge in [-0.3, -0.25) is 4.40 Å². The molecular formula is C15H14N2O2S. The third kappa shape index (κ3) is 2.32. The van der Waals surface area contributed by atoms with Gasteiger partial charge in [0.15, 0.2) is 4.96 Å². The van der Waals surface area contributed by atoms with Gasteiger partial charge in [0.1, 0.15) is 0 Å². The van der Waals surface area contributed by atoms with Gasteiger partial charge in [0.25, 0.3) is 0 Å². The van der Waals surface area contributed by atoms with Crippen molar-refractivity contribution in [1.29, 1.82) is 0 Å². The van der Waals surface area contributed by atoms with E-state index in [9.17, 15) is 4.79 Å². The van der Waals surface area contributed by atoms with E-state index >= 15 is 0 Å². The minimum absolute atomic E-state index is 0.291. The molecule has 0 spiro atoms. The zero-order valence-electron chi connectivity index (χ0n) is 11.3. The smallest absolute Gasteiger partial charge is 0.338 e. The summed E-state index contributed by atoms with van der Waals surface area (Å²) in [6.45, 7) is 4.25. The van der Waals surface area contributed by atoms with Crippen molar-refractivity contribution in [3.8, 4) is 11.3 Å². The molecule has 2 aromatic heterocycles. The summed E-state index contributed by atoms with van der Waals surface area (Å²) in [5.74, 6) is -0.291. The summed E-state index contributed by atoms with van der Waals surface area (Å²) in [5, 5.41) is 0. The van der Waals surface area contributed by atoms with Crippen LogP contribution in [0.3, 0.4) is 0 Å². The van der Waals surface area contributed by atoms with Crippen LogP contribution in [-0.2, 0) is 4.74 Å². The van der Waals surface area contributed by atoms with Gasteiger partial charge < -0.3 is 4.74 Å². The molecule has 3 aromatic rings. The average molecular weight is 286 g/mol. The number of ether oxygens (including phenoxy) is 1. The fourth-order valence-electron chi connectivity index (χ4n) is 2.04. The molecule has 1 aromatic carbocycles. The molecule has 0 amide bonds. The molecule has 0 fully saturated rings. The van der Waals surface area contributed by atoms with Crippen LogP contribution in [0.2, 0.25) is 0 Å². The molecule has 3 rings (SSSR count). The largest absolute Gasteiger partial charge is 0.462 e. The monoisotopic (exact) mass is 286 g/mol. The summed E-state index contributed by atoms with van der Waals surface area (Å²) in [6, 6.07) is 7.33. The van der Waals surface area contributed by atoms with Gasteiger partial charge in [-0.2, -0.15) is 0 Å². The second kappa shape index (κ2) is 5.09. The van der Waals surface area contributed by atoms with E-state index in [4.69, 9.17) is 4.74 Å². The number of nitrogens with zero attached hydrogens (tertiary/aromatic N) is 2. The summed E-state index contributed by atoms with van der Waals surface area (Å²) in [5.41, 5.74) is 2.46. The van der Waals surface area contributed by atoms with Gasteiger partial charge >= 0.3 is 5.97 Å². The Morgan fingerprint density at radius 3 is 2.70 bits per heavy atom. The molecule has 0 radical (unpaired) electrons. The molecule has 0 atom stereocenters. The second-order valence-corrected chi connectivity index (χ2v) is 5.67. The highest BCUT2D eigenvalue weighted by atomic mass is 32.1. The number of aromatic nitrogens is 2. The lowest BCUT2D eigenvalue weighted by molar-refractivity contribution is 0.0526. The SMILES string of the molecule is CCOC(=O)c1ccc(-c2cn3cc(C)sc3n2)cc1. The van der Waals surface area contributed by atoms with Crippen LogP contribution in [0.1, 0.15) is 22.2 Å². The number of imidazole rings is 1. The number of aryl methyl sites for hydroxylation is 1. The first-order chi connectivity index (χ1) is 9.67. The number of thiazole rings is 1. The zero-order valence-corrected chi connectivity index (χ0v) is 12.1. The van der Waals surface area contributed by atoms with Gasteiger partial charge in [0.05, 0.1) is 17.9 Å². The highest BCUT2D eigenvalue weighted by Gasteiger charge is 2.09. The number of hydrogen-bond acceptors (Lipinski definition) is 4. The van der Waals surface area contributed by atoms with Crippen molar-refractivity contribution in [1.82, 2.24) is 9.38 Å². The standard InChI is InChI=1S/C15H14N2O2S/c1-3-19-14(18)12-6-4-11(5-7-12)13-9-17-8-10(2)20-15(17)16-13/h4-9H,3H2,1-2H3. The fourth-order valence-corrected chi connectivity index (χ4v) is 2.85. The van der Waals surface area contributed by atoms with Crippen LogP contribution in [0.25, 0.3) is 16.2 Å². The Kier molecular flexibility index (Phi) is 3.28. The summed E-state index contributed by atoms with van der Waals surface area (Å²) >= 11 is 1.66. The van der Waals surface area contributed by atoms with Crippen molar-refractivity contribution in [3.63, 3.8) is 0 Å². The minimum atomic E-state index is -0.291. The molecule has 20 heavy (non-hydrogen) atoms. The summed E-state index contributed by atoms with van der Waals surface area (Å²) in [4.78, 5) is 18.4. The van der Waals surface area contributed by atoms with E-state index in [1.165, 1.54) is 4.88 Å². The van der Waals surface area contributed by atoms with E-state index in [0.29, 0.717) is 12.2 Å². The van der Waals surface area contributed by atoms with Crippen LogP contribution in [0, 0.1) is 6.92 Å². The topological polar surface area (TPSA) is 43.6 Å². The van der Waals surface area contributed by atoms with Crippen molar-refractivity contribution >= 4 is 22.3 Å². The molecule has 0 aliphatic heterocycles. The highest BCUT2D eigenvalue weighted by Crippen LogP contribution is 2.23. The van der Waals surface area contributed by atoms with E-state index in [1.54, 1.807) is 30.4 Å². The van der Waals surface area contributed by atoms with E-state index in [2.05, 4.69) is 18.1 Å². The maximum atomic E-state index is 11.6. The predicted octanol–water partition coefficient (Wildman–Crippen LogP) is 3.55. The molecule has 0 saturated heterocycles. The maximum Gasteiger partial charge on any atom is 0.338 e. The lowest BCUT2D eigenvalue weighted by Crippen LogP contribution is -2.03. The van der Waals surface area contributed by atoms with Crippen molar-refractivity contribution in [2.75, 3.05) is 6.61 Å². The molecule has 0 aliphatic rings. The Morgan fingerprint density at radius 2 is 2.05 bits per heavy atom. The van der Waals surface area contributed by atoms with E-state index in [-0.39, 0.29) is 5.97 Å². The molecule has 5 heteroatoms. The van der Waals surface area contributed by atoms with E-state index in [0.717, 1.165) is 16.2 Å². The number of carbonyl (C=O) groups excluding carboxylic acids is 1. The first-order valence-corrected chi connectivity index (χ1v) is 7.21. The molecule has 0 unspecified atom stereocenters. The first kappa shape index (κ1) is 12.9. The number of rotatable bonds is 3. The quantitative estimate of drug-likeness (QED) is 0.692. The normalized spacial score (nSPS) is 10.9. The van der Waals surface area contributed by atoms with E-state index < -0.39 is 0 Å². The maximum absolute atomic E-state index is 11.6. The molecule has 0 N–H and O–H groups in total. The molecule has 2 heterocycles. The Balaban J connectivity index is 1.90. The van der Waals surface area contributed by atoms with Crippen LogP contribution in [0.5, 0.6) is 0 Å². The molecule has 0 bridgehead atoms. The Labute approximate surface area is 120 Å². The van der Waals surface area contributed by atoms with Crippen molar-refractivity contribution in [2.24, 2.45) is 0 Å². The fraction of sp³-hybridized carbons (Fsp3) is 0.200. The van der Waals surface area contributed by atoms with E-state index in [1.807, 2.05) is 22.7 Å². The lowest BCUT2D eigenvalue weighted by Gasteiger charge is -2.02. The summed E-state index contributed by atoms with van der Waals surface area (Å²) < 4.78 is 6.99. The van der Waals surface area contributed by atoms with Crippen LogP contribution in [0.4, 0.5) is 0 Å². The number of benzene rings is 1. The molecule has 4 nitrogen and oxygen atoms in total. The second-order valence-electron chi connectivity index (χ2n) is 4.46. The average Bonchev–Trinajstić information content (AvgIpc) is 2.96. The number of esters is 1. The Bertz CT molecular complexity index is 724. The number of carbonyl (C=O) groups is 1. The first-order valence-electron chi connectivity index (χ1n) is 6.40.